The second kappa shape index (κ2) is 6.15. The van der Waals surface area contributed by atoms with Crippen LogP contribution in [0.3, 0.4) is 0 Å². The average molecular weight is 308 g/mol. The Kier molecular flexibility index (Phi) is 4.54. The van der Waals surface area contributed by atoms with Gasteiger partial charge in [-0.15, -0.1) is 11.3 Å². The van der Waals surface area contributed by atoms with Gasteiger partial charge in [-0.25, -0.2) is 0 Å². The number of likely N-dealkylation sites (N-methyl/N-ethyl adjacent to an activating group) is 1. The Balaban J connectivity index is 2.21. The van der Waals surface area contributed by atoms with Gasteiger partial charge in [0.25, 0.3) is 0 Å². The van der Waals surface area contributed by atoms with E-state index >= 15 is 0 Å². The molecule has 1 N–H and O–H groups in total. The van der Waals surface area contributed by atoms with E-state index in [-0.39, 0.29) is 0 Å². The third kappa shape index (κ3) is 3.28. The predicted molar refractivity (Wildman–Crippen MR) is 80.4 cm³/mol. The van der Waals surface area contributed by atoms with E-state index in [1.54, 1.807) is 11.3 Å². The maximum Gasteiger partial charge on any atom is 0.0360 e. The number of thiophene rings is 1. The Hall–Kier alpha value is -0.900. The molecule has 1 aromatic carbocycles. The second-order valence-electron chi connectivity index (χ2n) is 3.64. The summed E-state index contributed by atoms with van der Waals surface area (Å²) >= 11 is 5.39. The molecular formula is C14H14BrNS. The third-order valence-electron chi connectivity index (χ3n) is 2.37. The lowest BCUT2D eigenvalue weighted by Crippen LogP contribution is -2.03. The van der Waals surface area contributed by atoms with Crippen LogP contribution in [0, 0.1) is 0 Å². The first-order valence-corrected chi connectivity index (χ1v) is 7.08. The molecule has 0 spiro atoms. The number of nitrogens with one attached hydrogen (secondary N) is 1. The van der Waals surface area contributed by atoms with E-state index < -0.39 is 0 Å². The van der Waals surface area contributed by atoms with Crippen molar-refractivity contribution < 1.29 is 0 Å². The molecule has 0 aliphatic heterocycles. The van der Waals surface area contributed by atoms with Gasteiger partial charge in [0.2, 0.25) is 0 Å². The van der Waals surface area contributed by atoms with Crippen LogP contribution < -0.4 is 5.32 Å². The highest BCUT2D eigenvalue weighted by Crippen LogP contribution is 2.33. The molecule has 0 bridgehead atoms. The van der Waals surface area contributed by atoms with Gasteiger partial charge in [-0.2, -0.15) is 0 Å². The summed E-state index contributed by atoms with van der Waals surface area (Å²) < 4.78 is 1.15. The quantitative estimate of drug-likeness (QED) is 0.882. The molecule has 3 heteroatoms. The van der Waals surface area contributed by atoms with Crippen molar-refractivity contribution in [2.24, 2.45) is 0 Å². The zero-order valence-electron chi connectivity index (χ0n) is 9.61. The van der Waals surface area contributed by atoms with Gasteiger partial charge in [0.05, 0.1) is 0 Å². The molecule has 1 aromatic heterocycles. The fraction of sp³-hybridized carbons (Fsp3) is 0.143. The fourth-order valence-electron chi connectivity index (χ4n) is 1.54. The van der Waals surface area contributed by atoms with Crippen LogP contribution in [0.25, 0.3) is 16.5 Å². The van der Waals surface area contributed by atoms with E-state index in [0.717, 1.165) is 11.0 Å². The summed E-state index contributed by atoms with van der Waals surface area (Å²) in [5, 5.41) is 3.10. The minimum Gasteiger partial charge on any atom is -0.316 e. The second-order valence-corrected chi connectivity index (χ2v) is 5.61. The summed E-state index contributed by atoms with van der Waals surface area (Å²) in [5.41, 5.74) is 1.26. The van der Waals surface area contributed by atoms with Crippen molar-refractivity contribution in [2.75, 3.05) is 13.6 Å². The molecule has 1 heterocycles. The molecule has 0 amide bonds. The lowest BCUT2D eigenvalue weighted by molar-refractivity contribution is 0.922. The van der Waals surface area contributed by atoms with E-state index in [0.29, 0.717) is 0 Å². The Morgan fingerprint density at radius 3 is 2.82 bits per heavy atom. The van der Waals surface area contributed by atoms with Gasteiger partial charge < -0.3 is 5.32 Å². The van der Waals surface area contributed by atoms with Gasteiger partial charge in [0.15, 0.2) is 0 Å². The first-order chi connectivity index (χ1) is 8.31. The lowest BCUT2D eigenvalue weighted by Gasteiger charge is -1.99. The molecule has 0 atom stereocenters. The number of rotatable bonds is 4. The molecule has 0 radical (unpaired) electrons. The topological polar surface area (TPSA) is 12.0 Å². The van der Waals surface area contributed by atoms with Crippen LogP contribution in [-0.2, 0) is 0 Å². The molecule has 0 fully saturated rings. The summed E-state index contributed by atoms with van der Waals surface area (Å²) in [4.78, 5) is 2.58. The molecule has 2 aromatic rings. The van der Waals surface area contributed by atoms with E-state index in [4.69, 9.17) is 0 Å². The monoisotopic (exact) mass is 307 g/mol. The van der Waals surface area contributed by atoms with Crippen LogP contribution in [-0.4, -0.2) is 13.6 Å². The van der Waals surface area contributed by atoms with E-state index in [2.05, 4.69) is 63.7 Å². The van der Waals surface area contributed by atoms with E-state index in [1.165, 1.54) is 15.3 Å². The van der Waals surface area contributed by atoms with Crippen molar-refractivity contribution in [3.63, 3.8) is 0 Å². The first kappa shape index (κ1) is 12.6. The maximum atomic E-state index is 3.58. The van der Waals surface area contributed by atoms with Crippen molar-refractivity contribution in [1.29, 1.82) is 0 Å². The van der Waals surface area contributed by atoms with Crippen LogP contribution in [0.2, 0.25) is 0 Å². The molecular weight excluding hydrogens is 294 g/mol. The smallest absolute Gasteiger partial charge is 0.0360 e. The number of hydrogen-bond donors (Lipinski definition) is 1. The Morgan fingerprint density at radius 1 is 1.24 bits per heavy atom. The summed E-state index contributed by atoms with van der Waals surface area (Å²) in [7, 11) is 1.95. The third-order valence-corrected chi connectivity index (χ3v) is 4.15. The van der Waals surface area contributed by atoms with Crippen LogP contribution in [0.15, 0.2) is 46.9 Å². The zero-order valence-corrected chi connectivity index (χ0v) is 12.0. The Morgan fingerprint density at radius 2 is 2.06 bits per heavy atom. The largest absolute Gasteiger partial charge is 0.316 e. The highest BCUT2D eigenvalue weighted by Gasteiger charge is 2.04. The fourth-order valence-corrected chi connectivity index (χ4v) is 3.15. The van der Waals surface area contributed by atoms with Crippen LogP contribution in [0.1, 0.15) is 4.88 Å². The van der Waals surface area contributed by atoms with Gasteiger partial charge in [-0.1, -0.05) is 40.2 Å². The molecule has 0 saturated carbocycles. The SMILES string of the molecule is CNCC=Cc1ccc(-c2ccccc2Br)s1. The summed E-state index contributed by atoms with van der Waals surface area (Å²) in [6.45, 7) is 0.905. The normalized spacial score (nSPS) is 11.2. The van der Waals surface area contributed by atoms with Crippen molar-refractivity contribution in [2.45, 2.75) is 0 Å². The van der Waals surface area contributed by atoms with Crippen molar-refractivity contribution in [3.8, 4) is 10.4 Å². The van der Waals surface area contributed by atoms with Crippen molar-refractivity contribution in [1.82, 2.24) is 5.32 Å². The van der Waals surface area contributed by atoms with Crippen molar-refractivity contribution >= 4 is 33.3 Å². The molecule has 0 aliphatic rings. The van der Waals surface area contributed by atoms with Gasteiger partial charge in [0, 0.05) is 26.3 Å². The summed E-state index contributed by atoms with van der Waals surface area (Å²) in [6.07, 6.45) is 4.29. The average Bonchev–Trinajstić information content (AvgIpc) is 2.79. The molecule has 0 saturated heterocycles. The lowest BCUT2D eigenvalue weighted by atomic mass is 10.2. The minimum absolute atomic E-state index is 0.905. The first-order valence-electron chi connectivity index (χ1n) is 5.47. The summed E-state index contributed by atoms with van der Waals surface area (Å²) in [5.74, 6) is 0. The van der Waals surface area contributed by atoms with E-state index in [9.17, 15) is 0 Å². The zero-order chi connectivity index (χ0) is 12.1. The van der Waals surface area contributed by atoms with Crippen LogP contribution in [0.5, 0.6) is 0 Å². The summed E-state index contributed by atoms with van der Waals surface area (Å²) in [6, 6.07) is 12.6. The number of hydrogen-bond acceptors (Lipinski definition) is 2. The van der Waals surface area contributed by atoms with Crippen molar-refractivity contribution in [3.05, 3.63) is 51.8 Å². The Bertz CT molecular complexity index is 516. The van der Waals surface area contributed by atoms with Gasteiger partial charge >= 0.3 is 0 Å². The van der Waals surface area contributed by atoms with Crippen LogP contribution >= 0.6 is 27.3 Å². The number of halogens is 1. The van der Waals surface area contributed by atoms with Gasteiger partial charge in [-0.05, 0) is 31.3 Å². The van der Waals surface area contributed by atoms with E-state index in [1.807, 2.05) is 13.1 Å². The standard InChI is InChI=1S/C14H14BrNS/c1-16-10-4-5-11-8-9-14(17-11)12-6-2-3-7-13(12)15/h2-9,16H,10H2,1H3. The van der Waals surface area contributed by atoms with Crippen LogP contribution in [0.4, 0.5) is 0 Å². The molecule has 88 valence electrons. The van der Waals surface area contributed by atoms with Gasteiger partial charge in [-0.3, -0.25) is 0 Å². The highest BCUT2D eigenvalue weighted by atomic mass is 79.9. The molecule has 1 nitrogen and oxygen atoms in total. The molecule has 2 rings (SSSR count). The maximum absolute atomic E-state index is 3.58. The predicted octanol–water partition coefficient (Wildman–Crippen LogP) is 4.41. The Labute approximate surface area is 114 Å². The minimum atomic E-state index is 0.905. The molecule has 0 aliphatic carbocycles. The molecule has 0 unspecified atom stereocenters. The number of benzene rings is 1. The highest BCUT2D eigenvalue weighted by molar-refractivity contribution is 9.10. The molecule has 17 heavy (non-hydrogen) atoms. The van der Waals surface area contributed by atoms with Gasteiger partial charge in [0.1, 0.15) is 0 Å².